The van der Waals surface area contributed by atoms with Gasteiger partial charge in [-0.3, -0.25) is 15.2 Å². The predicted molar refractivity (Wildman–Crippen MR) is 56.9 cm³/mol. The fourth-order valence-electron chi connectivity index (χ4n) is 1.10. The second kappa shape index (κ2) is 4.09. The first-order valence-electron chi connectivity index (χ1n) is 4.21. The van der Waals surface area contributed by atoms with E-state index in [4.69, 9.17) is 0 Å². The van der Waals surface area contributed by atoms with Crippen molar-refractivity contribution < 1.29 is 4.92 Å². The van der Waals surface area contributed by atoms with Gasteiger partial charge in [-0.15, -0.1) is 0 Å². The van der Waals surface area contributed by atoms with Crippen molar-refractivity contribution in [1.82, 2.24) is 10.2 Å². The Morgan fingerprint density at radius 1 is 1.60 bits per heavy atom. The molecule has 2 aromatic heterocycles. The monoisotopic (exact) mass is 224 g/mol. The summed E-state index contributed by atoms with van der Waals surface area (Å²) in [6, 6.07) is 3.26. The number of anilines is 1. The number of hydrogen-bond donors (Lipinski definition) is 2. The summed E-state index contributed by atoms with van der Waals surface area (Å²) >= 11 is 1.17. The zero-order chi connectivity index (χ0) is 10.7. The predicted octanol–water partition coefficient (Wildman–Crippen LogP) is 1.99. The second-order valence-electron chi connectivity index (χ2n) is 2.84. The Bertz CT molecular complexity index is 451. The lowest BCUT2D eigenvalue weighted by Crippen LogP contribution is -1.95. The largest absolute Gasteiger partial charge is 0.378 e. The van der Waals surface area contributed by atoms with Crippen LogP contribution < -0.4 is 5.32 Å². The lowest BCUT2D eigenvalue weighted by Gasteiger charge is -1.98. The van der Waals surface area contributed by atoms with Crippen molar-refractivity contribution >= 4 is 22.0 Å². The average molecular weight is 224 g/mol. The molecular weight excluding hydrogens is 216 g/mol. The van der Waals surface area contributed by atoms with Crippen LogP contribution in [0.2, 0.25) is 0 Å². The number of nitrogens with one attached hydrogen (secondary N) is 2. The number of aromatic nitrogens is 2. The molecule has 0 radical (unpaired) electrons. The Morgan fingerprint density at radius 3 is 3.07 bits per heavy atom. The molecule has 0 unspecified atom stereocenters. The number of thiophene rings is 1. The van der Waals surface area contributed by atoms with E-state index in [0.29, 0.717) is 6.54 Å². The highest BCUT2D eigenvalue weighted by atomic mass is 32.1. The van der Waals surface area contributed by atoms with Crippen LogP contribution in [0.5, 0.6) is 0 Å². The van der Waals surface area contributed by atoms with Crippen LogP contribution in [0.15, 0.2) is 24.5 Å². The molecule has 0 saturated carbocycles. The molecule has 0 bridgehead atoms. The van der Waals surface area contributed by atoms with E-state index < -0.39 is 0 Å². The van der Waals surface area contributed by atoms with Gasteiger partial charge in [0.05, 0.1) is 16.8 Å². The van der Waals surface area contributed by atoms with E-state index in [-0.39, 0.29) is 9.92 Å². The minimum absolute atomic E-state index is 0.166. The van der Waals surface area contributed by atoms with Crippen LogP contribution in [-0.4, -0.2) is 15.1 Å². The quantitative estimate of drug-likeness (QED) is 0.614. The summed E-state index contributed by atoms with van der Waals surface area (Å²) in [6.45, 7) is 0.568. The Morgan fingerprint density at radius 2 is 2.47 bits per heavy atom. The van der Waals surface area contributed by atoms with Crippen molar-refractivity contribution in [1.29, 1.82) is 0 Å². The van der Waals surface area contributed by atoms with E-state index in [9.17, 15) is 10.1 Å². The van der Waals surface area contributed by atoms with Crippen LogP contribution in [0, 0.1) is 10.1 Å². The number of nitro groups is 1. The van der Waals surface area contributed by atoms with Crippen molar-refractivity contribution in [2.75, 3.05) is 5.32 Å². The third-order valence-electron chi connectivity index (χ3n) is 1.79. The Labute approximate surface area is 89.1 Å². The van der Waals surface area contributed by atoms with Gasteiger partial charge in [0.1, 0.15) is 0 Å². The van der Waals surface area contributed by atoms with Crippen LogP contribution in [0.3, 0.4) is 0 Å². The molecule has 0 aliphatic rings. The van der Waals surface area contributed by atoms with Crippen molar-refractivity contribution in [2.24, 2.45) is 0 Å². The number of rotatable bonds is 4. The van der Waals surface area contributed by atoms with E-state index in [1.165, 1.54) is 17.4 Å². The summed E-state index contributed by atoms with van der Waals surface area (Å²) in [7, 11) is 0. The smallest absolute Gasteiger partial charge is 0.324 e. The maximum atomic E-state index is 10.4. The molecule has 2 rings (SSSR count). The van der Waals surface area contributed by atoms with Gasteiger partial charge in [-0.05, 0) is 6.07 Å². The zero-order valence-electron chi connectivity index (χ0n) is 7.64. The van der Waals surface area contributed by atoms with E-state index in [1.54, 1.807) is 18.5 Å². The number of H-pyrrole nitrogens is 1. The lowest BCUT2D eigenvalue weighted by molar-refractivity contribution is -0.380. The standard InChI is InChI=1S/C8H8N4O2S/c13-12(14)8-2-1-7(15-8)5-9-6-3-10-11-4-6/h1-4,9H,5H2,(H,10,11). The Balaban J connectivity index is 1.96. The molecule has 0 fully saturated rings. The van der Waals surface area contributed by atoms with Crippen LogP contribution in [0.25, 0.3) is 0 Å². The topological polar surface area (TPSA) is 83.8 Å². The van der Waals surface area contributed by atoms with Crippen LogP contribution in [0.4, 0.5) is 10.7 Å². The molecule has 15 heavy (non-hydrogen) atoms. The molecule has 0 amide bonds. The van der Waals surface area contributed by atoms with Gasteiger partial charge in [0.2, 0.25) is 0 Å². The van der Waals surface area contributed by atoms with Crippen molar-refractivity contribution in [3.8, 4) is 0 Å². The minimum atomic E-state index is -0.383. The first kappa shape index (κ1) is 9.66. The van der Waals surface area contributed by atoms with Gasteiger partial charge >= 0.3 is 5.00 Å². The highest BCUT2D eigenvalue weighted by Crippen LogP contribution is 2.24. The molecule has 0 aliphatic heterocycles. The molecule has 2 aromatic rings. The molecule has 6 nitrogen and oxygen atoms in total. The molecule has 7 heteroatoms. The maximum Gasteiger partial charge on any atom is 0.324 e. The zero-order valence-corrected chi connectivity index (χ0v) is 8.45. The van der Waals surface area contributed by atoms with E-state index in [1.807, 2.05) is 0 Å². The van der Waals surface area contributed by atoms with Crippen molar-refractivity contribution in [3.63, 3.8) is 0 Å². The first-order valence-corrected chi connectivity index (χ1v) is 5.03. The van der Waals surface area contributed by atoms with E-state index in [2.05, 4.69) is 15.5 Å². The summed E-state index contributed by atoms with van der Waals surface area (Å²) in [5, 5.41) is 20.1. The normalized spacial score (nSPS) is 10.1. The molecule has 2 N–H and O–H groups in total. The van der Waals surface area contributed by atoms with Gasteiger partial charge < -0.3 is 5.32 Å². The van der Waals surface area contributed by atoms with Gasteiger partial charge in [0.15, 0.2) is 0 Å². The second-order valence-corrected chi connectivity index (χ2v) is 3.98. The van der Waals surface area contributed by atoms with Crippen molar-refractivity contribution in [3.05, 3.63) is 39.5 Å². The molecule has 0 aromatic carbocycles. The molecule has 0 spiro atoms. The molecule has 78 valence electrons. The van der Waals surface area contributed by atoms with Crippen LogP contribution >= 0.6 is 11.3 Å². The lowest BCUT2D eigenvalue weighted by atomic mass is 10.4. The highest BCUT2D eigenvalue weighted by molar-refractivity contribution is 7.15. The third kappa shape index (κ3) is 2.32. The van der Waals surface area contributed by atoms with Gasteiger partial charge in [0, 0.05) is 23.7 Å². The SMILES string of the molecule is O=[N+]([O-])c1ccc(CNc2cn[nH]c2)s1. The van der Waals surface area contributed by atoms with Crippen LogP contribution in [-0.2, 0) is 6.54 Å². The minimum Gasteiger partial charge on any atom is -0.378 e. The average Bonchev–Trinajstić information content (AvgIpc) is 2.86. The Kier molecular flexibility index (Phi) is 2.64. The molecular formula is C8H8N4O2S. The van der Waals surface area contributed by atoms with E-state index in [0.717, 1.165) is 10.6 Å². The summed E-state index contributed by atoms with van der Waals surface area (Å²) in [5.41, 5.74) is 0.867. The number of hydrogen-bond acceptors (Lipinski definition) is 5. The van der Waals surface area contributed by atoms with Gasteiger partial charge in [0.25, 0.3) is 0 Å². The summed E-state index contributed by atoms with van der Waals surface area (Å²) in [6.07, 6.45) is 3.38. The summed E-state index contributed by atoms with van der Waals surface area (Å²) in [5.74, 6) is 0. The van der Waals surface area contributed by atoms with Crippen molar-refractivity contribution in [2.45, 2.75) is 6.54 Å². The van der Waals surface area contributed by atoms with Gasteiger partial charge in [-0.1, -0.05) is 11.3 Å². The van der Waals surface area contributed by atoms with E-state index >= 15 is 0 Å². The summed E-state index contributed by atoms with van der Waals surface area (Å²) < 4.78 is 0. The third-order valence-corrected chi connectivity index (χ3v) is 2.83. The fraction of sp³-hybridized carbons (Fsp3) is 0.125. The van der Waals surface area contributed by atoms with Crippen LogP contribution in [0.1, 0.15) is 4.88 Å². The number of aromatic amines is 1. The summed E-state index contributed by atoms with van der Waals surface area (Å²) in [4.78, 5) is 11.0. The molecule has 0 atom stereocenters. The fourth-order valence-corrected chi connectivity index (χ4v) is 1.86. The molecule has 0 saturated heterocycles. The van der Waals surface area contributed by atoms with Gasteiger partial charge in [-0.25, -0.2) is 0 Å². The Hall–Kier alpha value is -1.89. The molecule has 0 aliphatic carbocycles. The number of nitrogens with zero attached hydrogens (tertiary/aromatic N) is 2. The molecule has 2 heterocycles. The first-order chi connectivity index (χ1) is 7.25. The maximum absolute atomic E-state index is 10.4. The van der Waals surface area contributed by atoms with Gasteiger partial charge in [-0.2, -0.15) is 5.10 Å². The highest BCUT2D eigenvalue weighted by Gasteiger charge is 2.09.